The van der Waals surface area contributed by atoms with Crippen LogP contribution in [-0.4, -0.2) is 12.6 Å². The van der Waals surface area contributed by atoms with Gasteiger partial charge in [0.05, 0.1) is 12.5 Å². The number of esters is 1. The van der Waals surface area contributed by atoms with Gasteiger partial charge in [-0.05, 0) is 18.8 Å². The third-order valence-electron chi connectivity index (χ3n) is 3.55. The van der Waals surface area contributed by atoms with Crippen LogP contribution in [0.25, 0.3) is 0 Å². The zero-order valence-corrected chi connectivity index (χ0v) is 10.1. The van der Waals surface area contributed by atoms with Crippen molar-refractivity contribution in [3.63, 3.8) is 0 Å². The molecular weight excluding hydrogens is 188 g/mol. The molecule has 0 unspecified atom stereocenters. The quantitative estimate of drug-likeness (QED) is 0.651. The van der Waals surface area contributed by atoms with E-state index in [9.17, 15) is 4.79 Å². The Morgan fingerprint density at radius 1 is 1.20 bits per heavy atom. The Balaban J connectivity index is 2.22. The minimum atomic E-state index is 0.0570. The normalized spacial score (nSPS) is 18.1. The molecule has 0 spiro atoms. The Morgan fingerprint density at radius 2 is 1.80 bits per heavy atom. The molecule has 1 aliphatic carbocycles. The molecule has 0 amide bonds. The van der Waals surface area contributed by atoms with Gasteiger partial charge in [0, 0.05) is 0 Å². The summed E-state index contributed by atoms with van der Waals surface area (Å²) in [6.45, 7) is 4.94. The van der Waals surface area contributed by atoms with Crippen molar-refractivity contribution in [2.24, 2.45) is 11.8 Å². The lowest BCUT2D eigenvalue weighted by atomic mass is 9.89. The van der Waals surface area contributed by atoms with E-state index in [0.29, 0.717) is 12.5 Å². The van der Waals surface area contributed by atoms with Crippen LogP contribution in [0.2, 0.25) is 0 Å². The van der Waals surface area contributed by atoms with Gasteiger partial charge in [0.2, 0.25) is 0 Å². The van der Waals surface area contributed by atoms with Crippen LogP contribution >= 0.6 is 0 Å². The van der Waals surface area contributed by atoms with Crippen LogP contribution in [0.5, 0.6) is 0 Å². The predicted octanol–water partition coefficient (Wildman–Crippen LogP) is 3.55. The lowest BCUT2D eigenvalue weighted by molar-refractivity contribution is -0.151. The van der Waals surface area contributed by atoms with E-state index in [1.807, 2.05) is 0 Å². The Hall–Kier alpha value is -0.530. The van der Waals surface area contributed by atoms with Crippen LogP contribution in [0.4, 0.5) is 0 Å². The monoisotopic (exact) mass is 212 g/mol. The Kier molecular flexibility index (Phi) is 5.74. The summed E-state index contributed by atoms with van der Waals surface area (Å²) in [5.74, 6) is 0.812. The van der Waals surface area contributed by atoms with Gasteiger partial charge in [-0.25, -0.2) is 0 Å². The minimum Gasteiger partial charge on any atom is -0.465 e. The van der Waals surface area contributed by atoms with Crippen LogP contribution in [0.1, 0.15) is 58.8 Å². The fourth-order valence-electron chi connectivity index (χ4n) is 2.18. The summed E-state index contributed by atoms with van der Waals surface area (Å²) in [4.78, 5) is 11.7. The first kappa shape index (κ1) is 12.5. The van der Waals surface area contributed by atoms with Gasteiger partial charge >= 0.3 is 5.97 Å². The molecule has 0 aromatic carbocycles. The average Bonchev–Trinajstić information content (AvgIpc) is 2.31. The highest BCUT2D eigenvalue weighted by Crippen LogP contribution is 2.25. The maximum atomic E-state index is 11.7. The summed E-state index contributed by atoms with van der Waals surface area (Å²) in [6, 6.07) is 0. The maximum Gasteiger partial charge on any atom is 0.308 e. The average molecular weight is 212 g/mol. The van der Waals surface area contributed by atoms with Crippen molar-refractivity contribution in [3.05, 3.63) is 0 Å². The van der Waals surface area contributed by atoms with Crippen LogP contribution in [-0.2, 0) is 9.53 Å². The van der Waals surface area contributed by atoms with Gasteiger partial charge in [-0.2, -0.15) is 0 Å². The Bertz CT molecular complexity index is 179. The SMILES string of the molecule is CCC(CC)COC(=O)C1CCCCC1. The summed E-state index contributed by atoms with van der Waals surface area (Å²) in [5.41, 5.74) is 0. The zero-order valence-electron chi connectivity index (χ0n) is 10.1. The van der Waals surface area contributed by atoms with E-state index >= 15 is 0 Å². The molecule has 0 heterocycles. The zero-order chi connectivity index (χ0) is 11.1. The van der Waals surface area contributed by atoms with E-state index in [0.717, 1.165) is 25.7 Å². The molecule has 0 N–H and O–H groups in total. The van der Waals surface area contributed by atoms with Crippen molar-refractivity contribution in [3.8, 4) is 0 Å². The van der Waals surface area contributed by atoms with Gasteiger partial charge in [-0.3, -0.25) is 4.79 Å². The molecule has 2 heteroatoms. The van der Waals surface area contributed by atoms with Gasteiger partial charge in [-0.15, -0.1) is 0 Å². The smallest absolute Gasteiger partial charge is 0.308 e. The van der Waals surface area contributed by atoms with E-state index in [4.69, 9.17) is 4.74 Å². The van der Waals surface area contributed by atoms with Crippen LogP contribution in [0.3, 0.4) is 0 Å². The first-order valence-electron chi connectivity index (χ1n) is 6.44. The molecule has 0 radical (unpaired) electrons. The summed E-state index contributed by atoms with van der Waals surface area (Å²) >= 11 is 0. The van der Waals surface area contributed by atoms with Crippen molar-refractivity contribution < 1.29 is 9.53 Å². The Labute approximate surface area is 93.4 Å². The highest BCUT2D eigenvalue weighted by molar-refractivity contribution is 5.72. The second kappa shape index (κ2) is 6.86. The summed E-state index contributed by atoms with van der Waals surface area (Å²) in [7, 11) is 0. The highest BCUT2D eigenvalue weighted by Gasteiger charge is 2.22. The first-order chi connectivity index (χ1) is 7.27. The lowest BCUT2D eigenvalue weighted by Crippen LogP contribution is -2.22. The number of rotatable bonds is 5. The van der Waals surface area contributed by atoms with Crippen LogP contribution in [0.15, 0.2) is 0 Å². The van der Waals surface area contributed by atoms with Gasteiger partial charge in [0.15, 0.2) is 0 Å². The molecule has 2 nitrogen and oxygen atoms in total. The Morgan fingerprint density at radius 3 is 2.33 bits per heavy atom. The lowest BCUT2D eigenvalue weighted by Gasteiger charge is -2.21. The van der Waals surface area contributed by atoms with E-state index in [2.05, 4.69) is 13.8 Å². The first-order valence-corrected chi connectivity index (χ1v) is 6.44. The molecule has 0 saturated heterocycles. The molecular formula is C13H24O2. The molecule has 0 aliphatic heterocycles. The number of ether oxygens (including phenoxy) is 1. The third-order valence-corrected chi connectivity index (χ3v) is 3.55. The van der Waals surface area contributed by atoms with E-state index in [-0.39, 0.29) is 11.9 Å². The molecule has 0 aromatic heterocycles. The topological polar surface area (TPSA) is 26.3 Å². The van der Waals surface area contributed by atoms with Crippen molar-refractivity contribution in [1.82, 2.24) is 0 Å². The van der Waals surface area contributed by atoms with Crippen LogP contribution in [0, 0.1) is 11.8 Å². The van der Waals surface area contributed by atoms with E-state index < -0.39 is 0 Å². The van der Waals surface area contributed by atoms with Gasteiger partial charge in [-0.1, -0.05) is 46.0 Å². The summed E-state index contributed by atoms with van der Waals surface area (Å²) in [6.07, 6.45) is 7.98. The van der Waals surface area contributed by atoms with Gasteiger partial charge in [0.25, 0.3) is 0 Å². The number of hydrogen-bond donors (Lipinski definition) is 0. The summed E-state index contributed by atoms with van der Waals surface area (Å²) < 4.78 is 5.39. The fourth-order valence-corrected chi connectivity index (χ4v) is 2.18. The molecule has 1 fully saturated rings. The predicted molar refractivity (Wildman–Crippen MR) is 61.6 cm³/mol. The second-order valence-electron chi connectivity index (χ2n) is 4.65. The highest BCUT2D eigenvalue weighted by atomic mass is 16.5. The van der Waals surface area contributed by atoms with Crippen molar-refractivity contribution in [2.45, 2.75) is 58.8 Å². The van der Waals surface area contributed by atoms with Crippen molar-refractivity contribution in [1.29, 1.82) is 0 Å². The molecule has 88 valence electrons. The molecule has 0 bridgehead atoms. The van der Waals surface area contributed by atoms with E-state index in [1.165, 1.54) is 19.3 Å². The second-order valence-corrected chi connectivity index (χ2v) is 4.65. The number of carbonyl (C=O) groups is 1. The third kappa shape index (κ3) is 4.23. The largest absolute Gasteiger partial charge is 0.465 e. The molecule has 1 saturated carbocycles. The molecule has 0 atom stereocenters. The molecule has 1 aliphatic rings. The molecule has 15 heavy (non-hydrogen) atoms. The molecule has 1 rings (SSSR count). The maximum absolute atomic E-state index is 11.7. The van der Waals surface area contributed by atoms with E-state index in [1.54, 1.807) is 0 Å². The minimum absolute atomic E-state index is 0.0570. The van der Waals surface area contributed by atoms with Gasteiger partial charge < -0.3 is 4.74 Å². The standard InChI is InChI=1S/C13H24O2/c1-3-11(4-2)10-15-13(14)12-8-6-5-7-9-12/h11-12H,3-10H2,1-2H3. The fraction of sp³-hybridized carbons (Fsp3) is 0.923. The summed E-state index contributed by atoms with van der Waals surface area (Å²) in [5, 5.41) is 0. The molecule has 0 aromatic rings. The van der Waals surface area contributed by atoms with Crippen molar-refractivity contribution in [2.75, 3.05) is 6.61 Å². The van der Waals surface area contributed by atoms with Gasteiger partial charge in [0.1, 0.15) is 0 Å². The number of hydrogen-bond acceptors (Lipinski definition) is 2. The van der Waals surface area contributed by atoms with Crippen molar-refractivity contribution >= 4 is 5.97 Å². The van der Waals surface area contributed by atoms with Crippen LogP contribution < -0.4 is 0 Å². The number of carbonyl (C=O) groups excluding carboxylic acids is 1.